The minimum atomic E-state index is -1.55. The van der Waals surface area contributed by atoms with E-state index in [0.29, 0.717) is 13.0 Å². The summed E-state index contributed by atoms with van der Waals surface area (Å²) in [6.45, 7) is 14.2. The van der Waals surface area contributed by atoms with Crippen LogP contribution in [0.1, 0.15) is 74.7 Å². The first-order valence-corrected chi connectivity index (χ1v) is 14.9. The van der Waals surface area contributed by atoms with E-state index in [0.717, 1.165) is 6.42 Å². The van der Waals surface area contributed by atoms with Gasteiger partial charge in [0.1, 0.15) is 17.8 Å². The summed E-state index contributed by atoms with van der Waals surface area (Å²) in [5.74, 6) is -3.44. The van der Waals surface area contributed by atoms with Gasteiger partial charge >= 0.3 is 12.1 Å². The van der Waals surface area contributed by atoms with Gasteiger partial charge in [-0.05, 0) is 81.4 Å². The zero-order valence-corrected chi connectivity index (χ0v) is 27.2. The molecule has 0 amide bonds. The summed E-state index contributed by atoms with van der Waals surface area (Å²) in [5.41, 5.74) is -1.74. The van der Waals surface area contributed by atoms with E-state index in [2.05, 4.69) is 11.8 Å². The van der Waals surface area contributed by atoms with E-state index in [-0.39, 0.29) is 24.0 Å². The summed E-state index contributed by atoms with van der Waals surface area (Å²) >= 11 is 0. The average Bonchev–Trinajstić information content (AvgIpc) is 2.87. The second kappa shape index (κ2) is 14.3. The van der Waals surface area contributed by atoms with E-state index in [1.807, 2.05) is 27.9 Å². The second-order valence-electron chi connectivity index (χ2n) is 13.5. The van der Waals surface area contributed by atoms with Crippen LogP contribution < -0.4 is 0 Å². The van der Waals surface area contributed by atoms with Crippen molar-refractivity contribution in [1.29, 1.82) is 0 Å². The number of ether oxygens (including phenoxy) is 4. The summed E-state index contributed by atoms with van der Waals surface area (Å²) in [7, 11) is 5.70. The van der Waals surface area contributed by atoms with E-state index in [1.165, 1.54) is 13.8 Å². The Morgan fingerprint density at radius 2 is 1.62 bits per heavy atom. The number of ketones is 1. The van der Waals surface area contributed by atoms with Crippen LogP contribution in [-0.2, 0) is 28.5 Å². The van der Waals surface area contributed by atoms with Gasteiger partial charge in [0.2, 0.25) is 0 Å². The second-order valence-corrected chi connectivity index (χ2v) is 13.5. The summed E-state index contributed by atoms with van der Waals surface area (Å²) in [4.78, 5) is 42.1. The maximum Gasteiger partial charge on any atom is 0.506 e. The molecule has 42 heavy (non-hydrogen) atoms. The molecule has 244 valence electrons. The molecule has 12 nitrogen and oxygen atoms in total. The number of carbonyl (C=O) groups excluding carboxylic acids is 2. The number of hydrogen-bond donors (Lipinski definition) is 3. The number of cyclic esters (lactones) is 1. The van der Waals surface area contributed by atoms with Gasteiger partial charge in [-0.3, -0.25) is 14.5 Å². The number of aliphatic hydroxyl groups is 2. The molecule has 0 bridgehead atoms. The molecule has 2 aliphatic heterocycles. The zero-order chi connectivity index (χ0) is 32.3. The summed E-state index contributed by atoms with van der Waals surface area (Å²) in [6.07, 6.45) is -6.04. The zero-order valence-electron chi connectivity index (χ0n) is 27.2. The van der Waals surface area contributed by atoms with Gasteiger partial charge in [0.15, 0.2) is 18.2 Å². The fourth-order valence-corrected chi connectivity index (χ4v) is 6.50. The van der Waals surface area contributed by atoms with Crippen LogP contribution in [-0.4, -0.2) is 125 Å². The highest BCUT2D eigenvalue weighted by Crippen LogP contribution is 2.39. The maximum absolute atomic E-state index is 13.1. The van der Waals surface area contributed by atoms with Crippen molar-refractivity contribution in [1.82, 2.24) is 9.80 Å². The lowest BCUT2D eigenvalue weighted by atomic mass is 9.77. The number of aliphatic hydroxyl groups excluding tert-OH is 2. The Bertz CT molecular complexity index is 949. The van der Waals surface area contributed by atoms with Crippen molar-refractivity contribution < 1.29 is 48.7 Å². The molecule has 0 aromatic carbocycles. The Morgan fingerprint density at radius 3 is 2.17 bits per heavy atom. The number of esters is 1. The average molecular weight is 603 g/mol. The molecule has 0 aliphatic carbocycles. The Kier molecular flexibility index (Phi) is 12.4. The van der Waals surface area contributed by atoms with Crippen molar-refractivity contribution >= 4 is 17.9 Å². The number of hydrogen-bond acceptors (Lipinski definition) is 11. The number of rotatable bonds is 4. The molecule has 2 heterocycles. The maximum atomic E-state index is 13.1. The van der Waals surface area contributed by atoms with Gasteiger partial charge in [-0.2, -0.15) is 0 Å². The minimum absolute atomic E-state index is 0.154. The normalized spacial score (nSPS) is 43.8. The summed E-state index contributed by atoms with van der Waals surface area (Å²) in [6, 6.07) is -0.713. The number of carboxylic acid groups (broad SMARTS) is 1. The first kappa shape index (κ1) is 36.4. The Balaban J connectivity index is 2.60. The highest BCUT2D eigenvalue weighted by atomic mass is 16.7. The highest BCUT2D eigenvalue weighted by molar-refractivity contribution is 5.88. The Hall–Kier alpha value is -1.83. The van der Waals surface area contributed by atoms with Crippen LogP contribution in [0.4, 0.5) is 4.79 Å². The summed E-state index contributed by atoms with van der Waals surface area (Å²) in [5, 5.41) is 32.0. The third-order valence-corrected chi connectivity index (χ3v) is 9.38. The molecule has 0 radical (unpaired) electrons. The smallest absolute Gasteiger partial charge is 0.459 e. The van der Waals surface area contributed by atoms with Crippen LogP contribution in [0.5, 0.6) is 0 Å². The van der Waals surface area contributed by atoms with Crippen molar-refractivity contribution in [2.45, 2.75) is 129 Å². The molecule has 3 N–H and O–H groups in total. The molecular formula is C30H54N2O10. The lowest BCUT2D eigenvalue weighted by Gasteiger charge is -2.49. The van der Waals surface area contributed by atoms with Crippen LogP contribution in [0, 0.1) is 17.8 Å². The molecule has 2 rings (SSSR count). The van der Waals surface area contributed by atoms with Crippen molar-refractivity contribution in [2.24, 2.45) is 17.8 Å². The standard InChI is InChI=1S/C30H54N2O10/c1-16-12-30(8,42-28(37)38)26(41-22-14-29(7,31(9)10)13-17(2)39-22)18(3)23(33)19(4)27(36)40-21(6)25(35)24(34)20(5)32(11)15-16/h16-23,25-26,33,35H,12-15H2,1-11H3,(H,37,38)/t16-,17?,18+,19-,20?,21-,22?,23+,25-,26-,29-,30-/m1/s1. The third-order valence-electron chi connectivity index (χ3n) is 9.38. The SMILES string of the molecule is CC1C[C@@](C)(N(C)C)CC(O[C@@H]2[C@@H](C)[C@H](O)[C@@H](C)C(=O)O[C@H](C)[C@@H](O)C(=O)C(C)N(C)C[C@H](C)C[C@@]2(C)OC(=O)O)O1. The third kappa shape index (κ3) is 8.63. The Labute approximate surface area is 250 Å². The van der Waals surface area contributed by atoms with Gasteiger partial charge < -0.3 is 39.2 Å². The van der Waals surface area contributed by atoms with Crippen molar-refractivity contribution in [3.63, 3.8) is 0 Å². The molecule has 3 unspecified atom stereocenters. The van der Waals surface area contributed by atoms with Crippen LogP contribution in [0.25, 0.3) is 0 Å². The largest absolute Gasteiger partial charge is 0.506 e. The molecule has 0 aromatic heterocycles. The fraction of sp³-hybridized carbons (Fsp3) is 0.900. The van der Waals surface area contributed by atoms with Gasteiger partial charge in [0.25, 0.3) is 0 Å². The predicted octanol–water partition coefficient (Wildman–Crippen LogP) is 2.53. The molecule has 0 aromatic rings. The number of nitrogens with zero attached hydrogens (tertiary/aromatic N) is 2. The lowest BCUT2D eigenvalue weighted by Crippen LogP contribution is -2.58. The van der Waals surface area contributed by atoms with E-state index in [1.54, 1.807) is 32.7 Å². The number of carbonyl (C=O) groups is 3. The van der Waals surface area contributed by atoms with E-state index >= 15 is 0 Å². The van der Waals surface area contributed by atoms with Crippen LogP contribution in [0.2, 0.25) is 0 Å². The van der Waals surface area contributed by atoms with Gasteiger partial charge in [-0.1, -0.05) is 13.8 Å². The minimum Gasteiger partial charge on any atom is -0.459 e. The van der Waals surface area contributed by atoms with Crippen LogP contribution in [0.15, 0.2) is 0 Å². The van der Waals surface area contributed by atoms with Gasteiger partial charge in [0, 0.05) is 24.4 Å². The molecule has 2 saturated heterocycles. The van der Waals surface area contributed by atoms with Crippen LogP contribution in [0.3, 0.4) is 0 Å². The fourth-order valence-electron chi connectivity index (χ4n) is 6.50. The molecular weight excluding hydrogens is 548 g/mol. The molecule has 12 heteroatoms. The van der Waals surface area contributed by atoms with Crippen LogP contribution >= 0.6 is 0 Å². The molecule has 12 atom stereocenters. The topological polar surface area (TPSA) is 155 Å². The quantitative estimate of drug-likeness (QED) is 0.405. The number of likely N-dealkylation sites (N-methyl/N-ethyl adjacent to an activating group) is 1. The first-order valence-electron chi connectivity index (χ1n) is 14.9. The monoisotopic (exact) mass is 602 g/mol. The van der Waals surface area contributed by atoms with Crippen molar-refractivity contribution in [3.05, 3.63) is 0 Å². The Morgan fingerprint density at radius 1 is 1.02 bits per heavy atom. The molecule has 2 fully saturated rings. The molecule has 0 saturated carbocycles. The predicted molar refractivity (Wildman–Crippen MR) is 155 cm³/mol. The van der Waals surface area contributed by atoms with Gasteiger partial charge in [-0.15, -0.1) is 0 Å². The van der Waals surface area contributed by atoms with Crippen molar-refractivity contribution in [3.8, 4) is 0 Å². The molecule has 2 aliphatic rings. The summed E-state index contributed by atoms with van der Waals surface area (Å²) < 4.78 is 23.8. The first-order chi connectivity index (χ1) is 19.2. The van der Waals surface area contributed by atoms with E-state index < -0.39 is 72.1 Å². The lowest BCUT2D eigenvalue weighted by molar-refractivity contribution is -0.276. The van der Waals surface area contributed by atoms with Gasteiger partial charge in [0.05, 0.1) is 24.2 Å². The number of Topliss-reactive ketones (excluding diaryl/α,β-unsaturated/α-hetero) is 1. The van der Waals surface area contributed by atoms with Crippen molar-refractivity contribution in [2.75, 3.05) is 27.7 Å². The highest BCUT2D eigenvalue weighted by Gasteiger charge is 2.50. The van der Waals surface area contributed by atoms with Gasteiger partial charge in [-0.25, -0.2) is 4.79 Å². The van der Waals surface area contributed by atoms with E-state index in [9.17, 15) is 29.7 Å². The molecule has 0 spiro atoms. The van der Waals surface area contributed by atoms with E-state index in [4.69, 9.17) is 18.9 Å².